The third-order valence-electron chi connectivity index (χ3n) is 2.06. The Hall–Kier alpha value is -2.10. The van der Waals surface area contributed by atoms with Gasteiger partial charge in [0.15, 0.2) is 0 Å². The molecule has 3 nitrogen and oxygen atoms in total. The van der Waals surface area contributed by atoms with Gasteiger partial charge in [0, 0.05) is 11.1 Å². The Kier molecular flexibility index (Phi) is 2.25. The summed E-state index contributed by atoms with van der Waals surface area (Å²) >= 11 is 0. The van der Waals surface area contributed by atoms with E-state index in [9.17, 15) is 9.18 Å². The Morgan fingerprint density at radius 1 is 1.33 bits per heavy atom. The number of halogens is 1. The van der Waals surface area contributed by atoms with Crippen LogP contribution in [-0.2, 0) is 0 Å². The lowest BCUT2D eigenvalue weighted by Crippen LogP contribution is -2.01. The van der Waals surface area contributed by atoms with Crippen LogP contribution in [0.15, 0.2) is 41.2 Å². The highest BCUT2D eigenvalue weighted by molar-refractivity contribution is 5.89. The van der Waals surface area contributed by atoms with Crippen LogP contribution in [0, 0.1) is 5.82 Å². The average Bonchev–Trinajstić information content (AvgIpc) is 2.70. The normalized spacial score (nSPS) is 10.2. The van der Waals surface area contributed by atoms with Gasteiger partial charge in [0.25, 0.3) is 0 Å². The van der Waals surface area contributed by atoms with Crippen molar-refractivity contribution >= 4 is 5.97 Å². The highest BCUT2D eigenvalue weighted by Crippen LogP contribution is 2.25. The topological polar surface area (TPSA) is 50.4 Å². The second kappa shape index (κ2) is 3.57. The van der Waals surface area contributed by atoms with Crippen LogP contribution >= 0.6 is 0 Å². The van der Waals surface area contributed by atoms with Crippen molar-refractivity contribution in [3.63, 3.8) is 0 Å². The molecule has 1 aromatic heterocycles. The van der Waals surface area contributed by atoms with E-state index in [0.29, 0.717) is 5.56 Å². The van der Waals surface area contributed by atoms with Crippen LogP contribution in [0.2, 0.25) is 0 Å². The highest BCUT2D eigenvalue weighted by atomic mass is 19.1. The lowest BCUT2D eigenvalue weighted by atomic mass is 10.0. The molecule has 15 heavy (non-hydrogen) atoms. The molecule has 1 N–H and O–H groups in total. The largest absolute Gasteiger partial charge is 0.478 e. The molecule has 0 aliphatic heterocycles. The molecular formula is C11H7FO3. The second-order valence-electron chi connectivity index (χ2n) is 2.98. The van der Waals surface area contributed by atoms with Crippen molar-refractivity contribution in [3.05, 3.63) is 48.2 Å². The Labute approximate surface area is 84.8 Å². The minimum atomic E-state index is -1.28. The second-order valence-corrected chi connectivity index (χ2v) is 2.98. The molecule has 0 aliphatic rings. The number of hydrogen-bond acceptors (Lipinski definition) is 2. The summed E-state index contributed by atoms with van der Waals surface area (Å²) in [5, 5.41) is 8.72. The maximum absolute atomic E-state index is 13.7. The van der Waals surface area contributed by atoms with E-state index >= 15 is 0 Å². The van der Waals surface area contributed by atoms with Crippen LogP contribution in [0.5, 0.6) is 0 Å². The van der Waals surface area contributed by atoms with Gasteiger partial charge in [-0.15, -0.1) is 0 Å². The molecule has 0 bridgehead atoms. The van der Waals surface area contributed by atoms with E-state index in [2.05, 4.69) is 0 Å². The minimum absolute atomic E-state index is 0.226. The SMILES string of the molecule is O=C(O)c1cccc(-c2ccoc2)c1F. The van der Waals surface area contributed by atoms with Crippen molar-refractivity contribution in [2.24, 2.45) is 0 Å². The van der Waals surface area contributed by atoms with Gasteiger partial charge in [-0.3, -0.25) is 0 Å². The highest BCUT2D eigenvalue weighted by Gasteiger charge is 2.14. The van der Waals surface area contributed by atoms with E-state index in [1.54, 1.807) is 6.07 Å². The van der Waals surface area contributed by atoms with Gasteiger partial charge in [-0.1, -0.05) is 12.1 Å². The third-order valence-corrected chi connectivity index (χ3v) is 2.06. The van der Waals surface area contributed by atoms with Crippen molar-refractivity contribution in [2.75, 3.05) is 0 Å². The third kappa shape index (κ3) is 1.61. The van der Waals surface area contributed by atoms with E-state index in [1.165, 1.54) is 30.7 Å². The van der Waals surface area contributed by atoms with Gasteiger partial charge in [0.1, 0.15) is 5.82 Å². The van der Waals surface area contributed by atoms with Crippen molar-refractivity contribution in [2.45, 2.75) is 0 Å². The first kappa shape index (κ1) is 9.45. The number of benzene rings is 1. The molecule has 0 aliphatic carbocycles. The molecular weight excluding hydrogens is 199 g/mol. The fourth-order valence-corrected chi connectivity index (χ4v) is 1.34. The number of furan rings is 1. The van der Waals surface area contributed by atoms with Gasteiger partial charge >= 0.3 is 5.97 Å². The molecule has 2 rings (SSSR count). The summed E-state index contributed by atoms with van der Waals surface area (Å²) in [6.45, 7) is 0. The lowest BCUT2D eigenvalue weighted by molar-refractivity contribution is 0.0692. The predicted molar refractivity (Wildman–Crippen MR) is 51.1 cm³/mol. The standard InChI is InChI=1S/C11H7FO3/c12-10-8(7-4-5-15-6-7)2-1-3-9(10)11(13)14/h1-6H,(H,13,14). The smallest absolute Gasteiger partial charge is 0.338 e. The Morgan fingerprint density at radius 3 is 2.73 bits per heavy atom. The van der Waals surface area contributed by atoms with Gasteiger partial charge in [0.2, 0.25) is 0 Å². The molecule has 0 unspecified atom stereocenters. The average molecular weight is 206 g/mol. The fraction of sp³-hybridized carbons (Fsp3) is 0. The zero-order chi connectivity index (χ0) is 10.8. The molecule has 2 aromatic rings. The lowest BCUT2D eigenvalue weighted by Gasteiger charge is -2.02. The van der Waals surface area contributed by atoms with Crippen LogP contribution in [0.1, 0.15) is 10.4 Å². The Balaban J connectivity index is 2.59. The van der Waals surface area contributed by atoms with Gasteiger partial charge in [-0.25, -0.2) is 9.18 Å². The number of carboxylic acids is 1. The fourth-order valence-electron chi connectivity index (χ4n) is 1.34. The number of carboxylic acid groups (broad SMARTS) is 1. The number of carbonyl (C=O) groups is 1. The molecule has 4 heteroatoms. The maximum Gasteiger partial charge on any atom is 0.338 e. The first-order valence-electron chi connectivity index (χ1n) is 4.24. The molecule has 0 radical (unpaired) electrons. The van der Waals surface area contributed by atoms with Crippen molar-refractivity contribution in [1.29, 1.82) is 0 Å². The van der Waals surface area contributed by atoms with Gasteiger partial charge in [-0.2, -0.15) is 0 Å². The number of rotatable bonds is 2. The van der Waals surface area contributed by atoms with Crippen molar-refractivity contribution < 1.29 is 18.7 Å². The van der Waals surface area contributed by atoms with E-state index < -0.39 is 11.8 Å². The van der Waals surface area contributed by atoms with Gasteiger partial charge < -0.3 is 9.52 Å². The maximum atomic E-state index is 13.7. The number of hydrogen-bond donors (Lipinski definition) is 1. The summed E-state index contributed by atoms with van der Waals surface area (Å²) in [6.07, 6.45) is 2.77. The van der Waals surface area contributed by atoms with Crippen LogP contribution in [0.4, 0.5) is 4.39 Å². The minimum Gasteiger partial charge on any atom is -0.478 e. The van der Waals surface area contributed by atoms with Crippen LogP contribution in [-0.4, -0.2) is 11.1 Å². The summed E-state index contributed by atoms with van der Waals surface area (Å²) in [5.74, 6) is -2.02. The Bertz CT molecular complexity index is 489. The summed E-state index contributed by atoms with van der Waals surface area (Å²) < 4.78 is 18.5. The van der Waals surface area contributed by atoms with Crippen LogP contribution in [0.25, 0.3) is 11.1 Å². The Morgan fingerprint density at radius 2 is 2.13 bits per heavy atom. The molecule has 76 valence electrons. The number of aromatic carboxylic acids is 1. The molecule has 0 saturated carbocycles. The van der Waals surface area contributed by atoms with Crippen LogP contribution in [0.3, 0.4) is 0 Å². The van der Waals surface area contributed by atoms with Gasteiger partial charge in [-0.05, 0) is 12.1 Å². The summed E-state index contributed by atoms with van der Waals surface area (Å²) in [7, 11) is 0. The van der Waals surface area contributed by atoms with Gasteiger partial charge in [0.05, 0.1) is 18.1 Å². The molecule has 0 amide bonds. The van der Waals surface area contributed by atoms with Crippen molar-refractivity contribution in [1.82, 2.24) is 0 Å². The van der Waals surface area contributed by atoms with E-state index in [4.69, 9.17) is 9.52 Å². The molecule has 0 saturated heterocycles. The van der Waals surface area contributed by atoms with Crippen molar-refractivity contribution in [3.8, 4) is 11.1 Å². The van der Waals surface area contributed by atoms with E-state index in [-0.39, 0.29) is 11.1 Å². The summed E-state index contributed by atoms with van der Waals surface area (Å²) in [5.41, 5.74) is 0.410. The zero-order valence-electron chi connectivity index (χ0n) is 7.61. The molecule has 1 aromatic carbocycles. The summed E-state index contributed by atoms with van der Waals surface area (Å²) in [6, 6.07) is 5.80. The quantitative estimate of drug-likeness (QED) is 0.821. The first-order valence-corrected chi connectivity index (χ1v) is 4.24. The molecule has 0 spiro atoms. The zero-order valence-corrected chi connectivity index (χ0v) is 7.61. The first-order chi connectivity index (χ1) is 7.20. The van der Waals surface area contributed by atoms with E-state index in [0.717, 1.165) is 0 Å². The molecule has 1 heterocycles. The molecule has 0 fully saturated rings. The van der Waals surface area contributed by atoms with E-state index in [1.807, 2.05) is 0 Å². The predicted octanol–water partition coefficient (Wildman–Crippen LogP) is 2.78. The molecule has 0 atom stereocenters. The monoisotopic (exact) mass is 206 g/mol. The van der Waals surface area contributed by atoms with Crippen LogP contribution < -0.4 is 0 Å². The summed E-state index contributed by atoms with van der Waals surface area (Å²) in [4.78, 5) is 10.7.